The Bertz CT molecular complexity index is 741. The predicted molar refractivity (Wildman–Crippen MR) is 91.0 cm³/mol. The van der Waals surface area contributed by atoms with Gasteiger partial charge in [0.2, 0.25) is 0 Å². The van der Waals surface area contributed by atoms with Gasteiger partial charge in [-0.05, 0) is 24.0 Å². The van der Waals surface area contributed by atoms with E-state index in [0.29, 0.717) is 11.1 Å². The van der Waals surface area contributed by atoms with E-state index in [4.69, 9.17) is 9.84 Å². The molecule has 0 saturated heterocycles. The maximum atomic E-state index is 12.6. The van der Waals surface area contributed by atoms with Crippen molar-refractivity contribution in [2.75, 3.05) is 6.61 Å². The van der Waals surface area contributed by atoms with Gasteiger partial charge in [0.05, 0.1) is 5.25 Å². The highest BCUT2D eigenvalue weighted by Crippen LogP contribution is 2.29. The normalized spacial score (nSPS) is 12.5. The van der Waals surface area contributed by atoms with Crippen LogP contribution in [0.25, 0.3) is 0 Å². The van der Waals surface area contributed by atoms with Crippen LogP contribution in [0.4, 0.5) is 4.79 Å². The molecule has 128 valence electrons. The third-order valence-corrected chi connectivity index (χ3v) is 5.44. The minimum atomic E-state index is -4.17. The molecule has 2 rings (SSSR count). The minimum absolute atomic E-state index is 0.0968. The van der Waals surface area contributed by atoms with Gasteiger partial charge in [-0.2, -0.15) is 0 Å². The first-order chi connectivity index (χ1) is 11.6. The summed E-state index contributed by atoms with van der Waals surface area (Å²) in [6.07, 6.45) is 0.439. The lowest BCUT2D eigenvalue weighted by atomic mass is 10.1. The largest absolute Gasteiger partial charge is 0.449 e. The van der Waals surface area contributed by atoms with Crippen LogP contribution < -0.4 is 0 Å². The molecule has 0 radical (unpaired) electrons. The second-order valence-corrected chi connectivity index (χ2v) is 7.33. The Hall–Kier alpha value is -2.18. The Morgan fingerprint density at radius 2 is 1.58 bits per heavy atom. The van der Waals surface area contributed by atoms with Crippen molar-refractivity contribution in [3.05, 3.63) is 71.8 Å². The lowest BCUT2D eigenvalue weighted by Gasteiger charge is -2.16. The maximum Gasteiger partial charge on any atom is 0.425 e. The molecule has 0 heterocycles. The van der Waals surface area contributed by atoms with E-state index in [9.17, 15) is 13.2 Å². The molecule has 0 saturated carbocycles. The molecule has 1 atom stereocenters. The smallest absolute Gasteiger partial charge is 0.425 e. The Labute approximate surface area is 141 Å². The Balaban J connectivity index is 2.15. The molecule has 2 aromatic carbocycles. The number of hydrogen-bond acceptors (Lipinski definition) is 5. The first-order valence-corrected chi connectivity index (χ1v) is 9.20. The zero-order chi connectivity index (χ0) is 17.4. The molecule has 2 aromatic rings. The van der Waals surface area contributed by atoms with Gasteiger partial charge in [0, 0.05) is 6.61 Å². The molecule has 0 aliphatic rings. The zero-order valence-corrected chi connectivity index (χ0v) is 14.0. The molecule has 6 heteroatoms. The van der Waals surface area contributed by atoms with Crippen LogP contribution in [-0.2, 0) is 21.2 Å². The highest BCUT2D eigenvalue weighted by molar-refractivity contribution is 8.05. The van der Waals surface area contributed by atoms with Crippen LogP contribution in [0.2, 0.25) is 0 Å². The summed E-state index contributed by atoms with van der Waals surface area (Å²) in [5, 5.41) is 6.75. The molecule has 0 aromatic heterocycles. The fourth-order valence-corrected chi connectivity index (χ4v) is 3.81. The fraction of sp³-hybridized carbons (Fsp3) is 0.278. The van der Waals surface area contributed by atoms with Gasteiger partial charge in [-0.3, -0.25) is 0 Å². The van der Waals surface area contributed by atoms with Crippen molar-refractivity contribution < 1.29 is 23.1 Å². The van der Waals surface area contributed by atoms with Gasteiger partial charge in [0.15, 0.2) is 0 Å². The number of aliphatic hydroxyl groups is 1. The predicted octanol–water partition coefficient (Wildman–Crippen LogP) is 3.25. The number of rotatable bonds is 7. The third kappa shape index (κ3) is 4.66. The number of ether oxygens (including phenoxy) is 1. The van der Waals surface area contributed by atoms with Crippen LogP contribution in [0.3, 0.4) is 0 Å². The van der Waals surface area contributed by atoms with Crippen molar-refractivity contribution in [2.24, 2.45) is 0 Å². The Morgan fingerprint density at radius 1 is 1.00 bits per heavy atom. The monoisotopic (exact) mass is 348 g/mol. The van der Waals surface area contributed by atoms with E-state index in [0.717, 1.165) is 0 Å². The van der Waals surface area contributed by atoms with E-state index in [-0.39, 0.29) is 26.1 Å². The molecule has 0 spiro atoms. The van der Waals surface area contributed by atoms with E-state index in [1.807, 2.05) is 6.07 Å². The van der Waals surface area contributed by atoms with Gasteiger partial charge in [0.1, 0.15) is 6.61 Å². The summed E-state index contributed by atoms with van der Waals surface area (Å²) >= 11 is 0. The molecule has 0 fully saturated rings. The van der Waals surface area contributed by atoms with Crippen LogP contribution in [0.1, 0.15) is 29.2 Å². The van der Waals surface area contributed by atoms with Gasteiger partial charge in [-0.1, -0.05) is 60.7 Å². The Kier molecular flexibility index (Phi) is 6.52. The topological polar surface area (TPSA) is 80.7 Å². The number of sulfone groups is 1. The summed E-state index contributed by atoms with van der Waals surface area (Å²) in [6, 6.07) is 17.4. The first kappa shape index (κ1) is 18.2. The number of aliphatic hydroxyl groups excluding tert-OH is 1. The highest BCUT2D eigenvalue weighted by atomic mass is 32.2. The van der Waals surface area contributed by atoms with Crippen molar-refractivity contribution >= 4 is 15.1 Å². The quantitative estimate of drug-likeness (QED) is 0.777. The van der Waals surface area contributed by atoms with E-state index >= 15 is 0 Å². The molecule has 0 amide bonds. The lowest BCUT2D eigenvalue weighted by molar-refractivity contribution is 0.165. The summed E-state index contributed by atoms with van der Waals surface area (Å²) in [5.41, 5.74) is 1.23. The summed E-state index contributed by atoms with van der Waals surface area (Å²) < 4.78 is 30.2. The van der Waals surface area contributed by atoms with E-state index in [2.05, 4.69) is 0 Å². The summed E-state index contributed by atoms with van der Waals surface area (Å²) in [6.45, 7) is -0.238. The highest BCUT2D eigenvalue weighted by Gasteiger charge is 2.35. The van der Waals surface area contributed by atoms with Gasteiger partial charge in [-0.15, -0.1) is 0 Å². The van der Waals surface area contributed by atoms with Crippen LogP contribution in [0, 0.1) is 0 Å². The average Bonchev–Trinajstić information content (AvgIpc) is 2.61. The molecule has 1 unspecified atom stereocenters. The minimum Gasteiger partial charge on any atom is -0.449 e. The number of hydrogen-bond donors (Lipinski definition) is 1. The fourth-order valence-electron chi connectivity index (χ4n) is 2.36. The van der Waals surface area contributed by atoms with Gasteiger partial charge in [0.25, 0.3) is 9.84 Å². The lowest BCUT2D eigenvalue weighted by Crippen LogP contribution is -2.24. The number of carbonyl (C=O) groups is 1. The number of carbonyl (C=O) groups excluding carboxylic acids is 1. The molecular weight excluding hydrogens is 328 g/mol. The maximum absolute atomic E-state index is 12.6. The summed E-state index contributed by atoms with van der Waals surface area (Å²) in [7, 11) is -4.17. The van der Waals surface area contributed by atoms with E-state index in [1.54, 1.807) is 54.6 Å². The SMILES string of the molecule is O=C(OCc1ccccc1)S(=O)(=O)C(CCCO)c1ccccc1. The average molecular weight is 348 g/mol. The standard InChI is InChI=1S/C18H20O5S/c19-13-7-12-17(16-10-5-2-6-11-16)24(21,22)18(20)23-14-15-8-3-1-4-9-15/h1-6,8-11,17,19H,7,12-14H2. The molecule has 5 nitrogen and oxygen atoms in total. The molecule has 1 N–H and O–H groups in total. The van der Waals surface area contributed by atoms with Crippen molar-refractivity contribution in [3.63, 3.8) is 0 Å². The molecule has 0 aliphatic heterocycles. The summed E-state index contributed by atoms with van der Waals surface area (Å²) in [5.74, 6) is 0. The van der Waals surface area contributed by atoms with Crippen molar-refractivity contribution in [1.29, 1.82) is 0 Å². The van der Waals surface area contributed by atoms with Crippen LogP contribution in [0.15, 0.2) is 60.7 Å². The Morgan fingerprint density at radius 3 is 2.17 bits per heavy atom. The van der Waals surface area contributed by atoms with Crippen molar-refractivity contribution in [2.45, 2.75) is 24.7 Å². The van der Waals surface area contributed by atoms with Crippen LogP contribution in [0.5, 0.6) is 0 Å². The van der Waals surface area contributed by atoms with Crippen LogP contribution >= 0.6 is 0 Å². The summed E-state index contributed by atoms with van der Waals surface area (Å²) in [4.78, 5) is 12.1. The molecule has 24 heavy (non-hydrogen) atoms. The second kappa shape index (κ2) is 8.61. The third-order valence-electron chi connectivity index (χ3n) is 3.60. The van der Waals surface area contributed by atoms with E-state index < -0.39 is 20.4 Å². The zero-order valence-electron chi connectivity index (χ0n) is 13.2. The molecular formula is C18H20O5S. The van der Waals surface area contributed by atoms with E-state index in [1.165, 1.54) is 0 Å². The van der Waals surface area contributed by atoms with Gasteiger partial charge in [-0.25, -0.2) is 13.2 Å². The van der Waals surface area contributed by atoms with Gasteiger partial charge >= 0.3 is 5.30 Å². The van der Waals surface area contributed by atoms with Crippen molar-refractivity contribution in [1.82, 2.24) is 0 Å². The molecule has 0 aliphatic carbocycles. The molecule has 0 bridgehead atoms. The van der Waals surface area contributed by atoms with Crippen LogP contribution in [-0.4, -0.2) is 25.4 Å². The first-order valence-electron chi connectivity index (χ1n) is 7.66. The van der Waals surface area contributed by atoms with Crippen molar-refractivity contribution in [3.8, 4) is 0 Å². The van der Waals surface area contributed by atoms with Gasteiger partial charge < -0.3 is 9.84 Å². The second-order valence-electron chi connectivity index (χ2n) is 5.33. The number of benzene rings is 2.